The molecule has 4 N–H and O–H groups in total. The first kappa shape index (κ1) is 10.5. The summed E-state index contributed by atoms with van der Waals surface area (Å²) < 4.78 is 0. The number of aryl methyl sites for hydroxylation is 1. The molecule has 0 fully saturated rings. The Morgan fingerprint density at radius 3 is 3.00 bits per heavy atom. The van der Waals surface area contributed by atoms with Crippen LogP contribution in [0.25, 0.3) is 11.0 Å². The number of aromatic nitrogens is 4. The molecule has 18 heavy (non-hydrogen) atoms. The Labute approximate surface area is 103 Å². The molecule has 0 amide bonds. The Morgan fingerprint density at radius 1 is 1.28 bits per heavy atom. The zero-order valence-electron chi connectivity index (χ0n) is 9.81. The fourth-order valence-electron chi connectivity index (χ4n) is 1.81. The van der Waals surface area contributed by atoms with Crippen molar-refractivity contribution >= 4 is 28.5 Å². The van der Waals surface area contributed by atoms with Gasteiger partial charge in [-0.3, -0.25) is 5.10 Å². The number of nitrogen functional groups attached to an aromatic ring is 1. The topological polar surface area (TPSA) is 92.5 Å². The minimum atomic E-state index is 0.210. The number of H-pyrrole nitrogens is 1. The van der Waals surface area contributed by atoms with Gasteiger partial charge in [-0.05, 0) is 24.6 Å². The van der Waals surface area contributed by atoms with E-state index < -0.39 is 0 Å². The highest BCUT2D eigenvalue weighted by molar-refractivity contribution is 5.88. The largest absolute Gasteiger partial charge is 0.368 e. The van der Waals surface area contributed by atoms with E-state index in [9.17, 15) is 0 Å². The molecule has 0 aliphatic rings. The average Bonchev–Trinajstić information content (AvgIpc) is 2.77. The maximum Gasteiger partial charge on any atom is 0.224 e. The molecule has 3 rings (SSSR count). The van der Waals surface area contributed by atoms with Gasteiger partial charge in [0.2, 0.25) is 5.95 Å². The van der Waals surface area contributed by atoms with E-state index in [0.717, 1.165) is 11.1 Å². The third-order valence-electron chi connectivity index (χ3n) is 2.61. The second-order valence-electron chi connectivity index (χ2n) is 4.06. The van der Waals surface area contributed by atoms with Gasteiger partial charge in [0, 0.05) is 5.69 Å². The molecular formula is C12H12N6. The highest BCUT2D eigenvalue weighted by atomic mass is 15.2. The predicted octanol–water partition coefficient (Wildman–Crippen LogP) is 1.99. The van der Waals surface area contributed by atoms with E-state index >= 15 is 0 Å². The Kier molecular flexibility index (Phi) is 2.33. The van der Waals surface area contributed by atoms with Crippen molar-refractivity contribution in [1.29, 1.82) is 0 Å². The fraction of sp³-hybridized carbons (Fsp3) is 0.0833. The van der Waals surface area contributed by atoms with Crippen LogP contribution in [0.4, 0.5) is 17.5 Å². The molecule has 0 saturated heterocycles. The van der Waals surface area contributed by atoms with Crippen LogP contribution in [0.2, 0.25) is 0 Å². The van der Waals surface area contributed by atoms with E-state index in [0.29, 0.717) is 11.5 Å². The summed E-state index contributed by atoms with van der Waals surface area (Å²) >= 11 is 0. The lowest BCUT2D eigenvalue weighted by atomic mass is 10.2. The van der Waals surface area contributed by atoms with Crippen molar-refractivity contribution in [3.05, 3.63) is 36.0 Å². The molecule has 1 aromatic carbocycles. The standard InChI is InChI=1S/C12H12N6/c1-7-3-2-4-8(5-7)15-10-9-6-14-18-11(9)17-12(13)16-10/h2-6H,1H3,(H4,13,14,15,16,17,18). The summed E-state index contributed by atoms with van der Waals surface area (Å²) in [6, 6.07) is 8.02. The van der Waals surface area contributed by atoms with Crippen LogP contribution < -0.4 is 11.1 Å². The number of nitrogens with two attached hydrogens (primary N) is 1. The predicted molar refractivity (Wildman–Crippen MR) is 70.6 cm³/mol. The Bertz CT molecular complexity index is 703. The monoisotopic (exact) mass is 240 g/mol. The molecule has 3 aromatic rings. The number of fused-ring (bicyclic) bond motifs is 1. The minimum absolute atomic E-state index is 0.210. The Morgan fingerprint density at radius 2 is 2.17 bits per heavy atom. The summed E-state index contributed by atoms with van der Waals surface area (Å²) in [5.41, 5.74) is 8.41. The van der Waals surface area contributed by atoms with Gasteiger partial charge >= 0.3 is 0 Å². The number of nitrogens with one attached hydrogen (secondary N) is 2. The van der Waals surface area contributed by atoms with E-state index in [1.165, 1.54) is 5.56 Å². The summed E-state index contributed by atoms with van der Waals surface area (Å²) in [4.78, 5) is 8.26. The van der Waals surface area contributed by atoms with Gasteiger partial charge in [-0.2, -0.15) is 15.1 Å². The van der Waals surface area contributed by atoms with Crippen LogP contribution in [0, 0.1) is 6.92 Å². The first-order chi connectivity index (χ1) is 8.72. The zero-order valence-corrected chi connectivity index (χ0v) is 9.81. The second kappa shape index (κ2) is 3.99. The molecule has 0 radical (unpaired) electrons. The first-order valence-electron chi connectivity index (χ1n) is 5.52. The quantitative estimate of drug-likeness (QED) is 0.637. The Balaban J connectivity index is 2.06. The maximum absolute atomic E-state index is 5.66. The molecule has 0 atom stereocenters. The molecule has 2 aromatic heterocycles. The number of hydrogen-bond donors (Lipinski definition) is 3. The van der Waals surface area contributed by atoms with E-state index in [-0.39, 0.29) is 5.95 Å². The van der Waals surface area contributed by atoms with Crippen LogP contribution in [0.3, 0.4) is 0 Å². The van der Waals surface area contributed by atoms with E-state index in [1.54, 1.807) is 6.20 Å². The average molecular weight is 240 g/mol. The van der Waals surface area contributed by atoms with Gasteiger partial charge in [-0.15, -0.1) is 0 Å². The second-order valence-corrected chi connectivity index (χ2v) is 4.06. The van der Waals surface area contributed by atoms with Crippen LogP contribution >= 0.6 is 0 Å². The van der Waals surface area contributed by atoms with Crippen molar-refractivity contribution in [1.82, 2.24) is 20.2 Å². The lowest BCUT2D eigenvalue weighted by molar-refractivity contribution is 1.09. The molecule has 6 nitrogen and oxygen atoms in total. The van der Waals surface area contributed by atoms with Gasteiger partial charge < -0.3 is 11.1 Å². The van der Waals surface area contributed by atoms with Crippen LogP contribution in [-0.4, -0.2) is 20.2 Å². The van der Waals surface area contributed by atoms with Crippen molar-refractivity contribution in [3.63, 3.8) is 0 Å². The van der Waals surface area contributed by atoms with Crippen LogP contribution in [-0.2, 0) is 0 Å². The lowest BCUT2D eigenvalue weighted by Gasteiger charge is -2.07. The first-order valence-corrected chi connectivity index (χ1v) is 5.52. The van der Waals surface area contributed by atoms with Gasteiger partial charge in [0.15, 0.2) is 5.65 Å². The van der Waals surface area contributed by atoms with Gasteiger partial charge in [0.05, 0.1) is 11.6 Å². The van der Waals surface area contributed by atoms with E-state index in [1.807, 2.05) is 31.2 Å². The van der Waals surface area contributed by atoms with E-state index in [2.05, 4.69) is 25.5 Å². The molecule has 2 heterocycles. The molecule has 90 valence electrons. The van der Waals surface area contributed by atoms with Gasteiger partial charge in [-0.1, -0.05) is 12.1 Å². The van der Waals surface area contributed by atoms with Crippen molar-refractivity contribution in [2.45, 2.75) is 6.92 Å². The van der Waals surface area contributed by atoms with E-state index in [4.69, 9.17) is 5.73 Å². The number of nitrogens with zero attached hydrogens (tertiary/aromatic N) is 3. The molecule has 0 bridgehead atoms. The third kappa shape index (κ3) is 1.84. The zero-order chi connectivity index (χ0) is 12.5. The summed E-state index contributed by atoms with van der Waals surface area (Å²) in [6.45, 7) is 2.03. The third-order valence-corrected chi connectivity index (χ3v) is 2.61. The SMILES string of the molecule is Cc1cccc(Nc2nc(N)nc3[nH]ncc23)c1. The molecule has 0 aliphatic heterocycles. The van der Waals surface area contributed by atoms with Crippen molar-refractivity contribution in [2.24, 2.45) is 0 Å². The van der Waals surface area contributed by atoms with Crippen LogP contribution in [0.5, 0.6) is 0 Å². The number of benzene rings is 1. The number of aromatic amines is 1. The lowest BCUT2D eigenvalue weighted by Crippen LogP contribution is -2.00. The van der Waals surface area contributed by atoms with Crippen molar-refractivity contribution < 1.29 is 0 Å². The molecule has 0 spiro atoms. The van der Waals surface area contributed by atoms with Crippen LogP contribution in [0.15, 0.2) is 30.5 Å². The summed E-state index contributed by atoms with van der Waals surface area (Å²) in [7, 11) is 0. The molecule has 0 unspecified atom stereocenters. The smallest absolute Gasteiger partial charge is 0.224 e. The van der Waals surface area contributed by atoms with Gasteiger partial charge in [0.25, 0.3) is 0 Å². The van der Waals surface area contributed by atoms with Crippen molar-refractivity contribution in [2.75, 3.05) is 11.1 Å². The summed E-state index contributed by atoms with van der Waals surface area (Å²) in [5.74, 6) is 0.860. The molecule has 0 aliphatic carbocycles. The fourth-order valence-corrected chi connectivity index (χ4v) is 1.81. The summed E-state index contributed by atoms with van der Waals surface area (Å²) in [5, 5.41) is 10.8. The number of rotatable bonds is 2. The normalized spacial score (nSPS) is 10.7. The van der Waals surface area contributed by atoms with Gasteiger partial charge in [0.1, 0.15) is 5.82 Å². The Hall–Kier alpha value is -2.63. The van der Waals surface area contributed by atoms with Crippen LogP contribution in [0.1, 0.15) is 5.56 Å². The maximum atomic E-state index is 5.66. The number of anilines is 3. The highest BCUT2D eigenvalue weighted by Crippen LogP contribution is 2.23. The molecular weight excluding hydrogens is 228 g/mol. The van der Waals surface area contributed by atoms with Gasteiger partial charge in [-0.25, -0.2) is 0 Å². The highest BCUT2D eigenvalue weighted by Gasteiger charge is 2.08. The minimum Gasteiger partial charge on any atom is -0.368 e. The van der Waals surface area contributed by atoms with Crippen molar-refractivity contribution in [3.8, 4) is 0 Å². The molecule has 0 saturated carbocycles. The number of hydrogen-bond acceptors (Lipinski definition) is 5. The molecule has 6 heteroatoms. The summed E-state index contributed by atoms with van der Waals surface area (Å²) in [6.07, 6.45) is 1.67.